The van der Waals surface area contributed by atoms with Gasteiger partial charge in [0.05, 0.1) is 0 Å². The number of fused-ring (bicyclic) bond motifs is 3. The second kappa shape index (κ2) is 4.82. The van der Waals surface area contributed by atoms with Crippen LogP contribution in [0.25, 0.3) is 11.1 Å². The SMILES string of the molecule is O=CC(Cl)c1cc(Cl)cc2c1-c1ccc(Cl)cc1C2. The summed E-state index contributed by atoms with van der Waals surface area (Å²) in [5.41, 5.74) is 5.09. The lowest BCUT2D eigenvalue weighted by atomic mass is 9.97. The molecular formula is C15H9Cl3O. The standard InChI is InChI=1S/C15H9Cl3O/c16-10-1-2-12-8(4-10)3-9-5-11(17)6-13(15(9)12)14(18)7-19/h1-2,4-7,14H,3H2. The van der Waals surface area contributed by atoms with Crippen molar-refractivity contribution in [1.82, 2.24) is 0 Å². The van der Waals surface area contributed by atoms with E-state index in [1.54, 1.807) is 6.07 Å². The van der Waals surface area contributed by atoms with Crippen LogP contribution in [0.1, 0.15) is 22.1 Å². The van der Waals surface area contributed by atoms with Crippen molar-refractivity contribution < 1.29 is 4.79 Å². The van der Waals surface area contributed by atoms with Crippen molar-refractivity contribution in [2.75, 3.05) is 0 Å². The third-order valence-corrected chi connectivity index (χ3v) is 4.14. The molecule has 1 unspecified atom stereocenters. The number of carbonyl (C=O) groups excluding carboxylic acids is 1. The lowest BCUT2D eigenvalue weighted by Crippen LogP contribution is -1.96. The molecule has 0 aromatic heterocycles. The number of carbonyl (C=O) groups is 1. The van der Waals surface area contributed by atoms with Crippen molar-refractivity contribution in [3.8, 4) is 11.1 Å². The highest BCUT2D eigenvalue weighted by Crippen LogP contribution is 2.44. The second-order valence-corrected chi connectivity index (χ2v) is 5.89. The van der Waals surface area contributed by atoms with E-state index in [1.807, 2.05) is 24.3 Å². The van der Waals surface area contributed by atoms with Crippen LogP contribution in [-0.4, -0.2) is 6.29 Å². The third-order valence-electron chi connectivity index (χ3n) is 3.35. The van der Waals surface area contributed by atoms with Crippen LogP contribution in [0.3, 0.4) is 0 Å². The molecule has 0 fully saturated rings. The molecule has 0 N–H and O–H groups in total. The maximum absolute atomic E-state index is 11.0. The highest BCUT2D eigenvalue weighted by molar-refractivity contribution is 6.32. The Morgan fingerprint density at radius 1 is 1.05 bits per heavy atom. The van der Waals surface area contributed by atoms with E-state index < -0.39 is 5.38 Å². The lowest BCUT2D eigenvalue weighted by Gasteiger charge is -2.11. The molecule has 2 aromatic rings. The molecule has 0 amide bonds. The first-order valence-electron chi connectivity index (χ1n) is 5.80. The van der Waals surface area contributed by atoms with E-state index >= 15 is 0 Å². The van der Waals surface area contributed by atoms with Gasteiger partial charge in [0.1, 0.15) is 11.7 Å². The normalized spacial score (nSPS) is 13.8. The number of aldehydes is 1. The number of hydrogen-bond donors (Lipinski definition) is 0. The van der Waals surface area contributed by atoms with Crippen LogP contribution < -0.4 is 0 Å². The number of rotatable bonds is 2. The first-order valence-corrected chi connectivity index (χ1v) is 7.00. The van der Waals surface area contributed by atoms with E-state index in [4.69, 9.17) is 34.8 Å². The van der Waals surface area contributed by atoms with E-state index in [-0.39, 0.29) is 0 Å². The van der Waals surface area contributed by atoms with E-state index in [2.05, 4.69) is 0 Å². The quantitative estimate of drug-likeness (QED) is 0.478. The Balaban J connectivity index is 2.27. The molecule has 0 saturated heterocycles. The third kappa shape index (κ3) is 2.16. The van der Waals surface area contributed by atoms with E-state index in [0.29, 0.717) is 10.0 Å². The molecule has 0 radical (unpaired) electrons. The zero-order valence-corrected chi connectivity index (χ0v) is 12.1. The molecule has 1 aliphatic rings. The zero-order valence-electron chi connectivity index (χ0n) is 9.79. The average molecular weight is 312 g/mol. The summed E-state index contributed by atoms with van der Waals surface area (Å²) in [6.07, 6.45) is 1.49. The van der Waals surface area contributed by atoms with Crippen LogP contribution in [-0.2, 0) is 11.2 Å². The Hall–Kier alpha value is -1.02. The van der Waals surface area contributed by atoms with Crippen molar-refractivity contribution in [3.05, 3.63) is 57.1 Å². The molecule has 1 aliphatic carbocycles. The van der Waals surface area contributed by atoms with Gasteiger partial charge in [0, 0.05) is 10.0 Å². The average Bonchev–Trinajstić information content (AvgIpc) is 2.73. The molecule has 0 saturated carbocycles. The number of hydrogen-bond acceptors (Lipinski definition) is 1. The summed E-state index contributed by atoms with van der Waals surface area (Å²) < 4.78 is 0. The van der Waals surface area contributed by atoms with Crippen molar-refractivity contribution in [1.29, 1.82) is 0 Å². The summed E-state index contributed by atoms with van der Waals surface area (Å²) in [7, 11) is 0. The van der Waals surface area contributed by atoms with Crippen molar-refractivity contribution in [2.24, 2.45) is 0 Å². The minimum Gasteiger partial charge on any atom is -0.301 e. The van der Waals surface area contributed by atoms with Crippen molar-refractivity contribution in [3.63, 3.8) is 0 Å². The van der Waals surface area contributed by atoms with Crippen LogP contribution in [0, 0.1) is 0 Å². The monoisotopic (exact) mass is 310 g/mol. The van der Waals surface area contributed by atoms with Gasteiger partial charge in [-0.05, 0) is 58.5 Å². The smallest absolute Gasteiger partial charge is 0.142 e. The molecule has 1 nitrogen and oxygen atoms in total. The topological polar surface area (TPSA) is 17.1 Å². The van der Waals surface area contributed by atoms with Crippen molar-refractivity contribution >= 4 is 41.1 Å². The molecule has 4 heteroatoms. The van der Waals surface area contributed by atoms with Crippen molar-refractivity contribution in [2.45, 2.75) is 11.8 Å². The van der Waals surface area contributed by atoms with Crippen LogP contribution >= 0.6 is 34.8 Å². The first kappa shape index (κ1) is 13.0. The fourth-order valence-corrected chi connectivity index (χ4v) is 3.22. The van der Waals surface area contributed by atoms with E-state index in [0.717, 1.165) is 40.5 Å². The maximum Gasteiger partial charge on any atom is 0.142 e. The van der Waals surface area contributed by atoms with Crippen LogP contribution in [0.15, 0.2) is 30.3 Å². The van der Waals surface area contributed by atoms with Crippen LogP contribution in [0.2, 0.25) is 10.0 Å². The largest absolute Gasteiger partial charge is 0.301 e. The van der Waals surface area contributed by atoms with Gasteiger partial charge >= 0.3 is 0 Å². The molecule has 1 atom stereocenters. The van der Waals surface area contributed by atoms with Gasteiger partial charge in [0.2, 0.25) is 0 Å². The molecule has 96 valence electrons. The molecule has 0 aliphatic heterocycles. The number of benzene rings is 2. The Kier molecular flexibility index (Phi) is 3.30. The first-order chi connectivity index (χ1) is 9.10. The number of halogens is 3. The minimum atomic E-state index is -0.686. The number of alkyl halides is 1. The predicted octanol–water partition coefficient (Wildman–Crippen LogP) is 5.04. The van der Waals surface area contributed by atoms with Crippen LogP contribution in [0.4, 0.5) is 0 Å². The second-order valence-electron chi connectivity index (χ2n) is 4.55. The molecular weight excluding hydrogens is 303 g/mol. The molecule has 0 heterocycles. The highest BCUT2D eigenvalue weighted by atomic mass is 35.5. The molecule has 19 heavy (non-hydrogen) atoms. The summed E-state index contributed by atoms with van der Waals surface area (Å²) >= 11 is 18.2. The molecule has 2 aromatic carbocycles. The van der Waals surface area contributed by atoms with Gasteiger partial charge in [0.15, 0.2) is 0 Å². The van der Waals surface area contributed by atoms with Gasteiger partial charge in [0.25, 0.3) is 0 Å². The lowest BCUT2D eigenvalue weighted by molar-refractivity contribution is -0.107. The van der Waals surface area contributed by atoms with E-state index in [1.165, 1.54) is 0 Å². The Labute approximate surface area is 126 Å². The Morgan fingerprint density at radius 3 is 2.53 bits per heavy atom. The molecule has 3 rings (SSSR count). The predicted molar refractivity (Wildman–Crippen MR) is 79.4 cm³/mol. The van der Waals surface area contributed by atoms with Gasteiger partial charge in [-0.3, -0.25) is 0 Å². The van der Waals surface area contributed by atoms with Gasteiger partial charge in [-0.25, -0.2) is 0 Å². The molecule has 0 bridgehead atoms. The summed E-state index contributed by atoms with van der Waals surface area (Å²) in [6.45, 7) is 0. The summed E-state index contributed by atoms with van der Waals surface area (Å²) in [5.74, 6) is 0. The Morgan fingerprint density at radius 2 is 1.79 bits per heavy atom. The van der Waals surface area contributed by atoms with E-state index in [9.17, 15) is 4.79 Å². The van der Waals surface area contributed by atoms with Gasteiger partial charge in [-0.2, -0.15) is 0 Å². The zero-order chi connectivity index (χ0) is 13.6. The Bertz CT molecular complexity index is 679. The van der Waals surface area contributed by atoms with Gasteiger partial charge < -0.3 is 4.79 Å². The van der Waals surface area contributed by atoms with Crippen LogP contribution in [0.5, 0.6) is 0 Å². The summed E-state index contributed by atoms with van der Waals surface area (Å²) in [6, 6.07) is 9.44. The highest BCUT2D eigenvalue weighted by Gasteiger charge is 2.25. The maximum atomic E-state index is 11.0. The van der Waals surface area contributed by atoms with Gasteiger partial charge in [-0.1, -0.05) is 29.3 Å². The summed E-state index contributed by atoms with van der Waals surface area (Å²) in [4.78, 5) is 11.0. The fourth-order valence-electron chi connectivity index (χ4n) is 2.60. The minimum absolute atomic E-state index is 0.597. The fraction of sp³-hybridized carbons (Fsp3) is 0.133. The molecule has 0 spiro atoms. The summed E-state index contributed by atoms with van der Waals surface area (Å²) in [5, 5.41) is 0.617. The van der Waals surface area contributed by atoms with Gasteiger partial charge in [-0.15, -0.1) is 11.6 Å².